The highest BCUT2D eigenvalue weighted by molar-refractivity contribution is 7.90. The van der Waals surface area contributed by atoms with Crippen molar-refractivity contribution in [3.63, 3.8) is 0 Å². The number of hydrogen-bond donors (Lipinski definition) is 1. The van der Waals surface area contributed by atoms with E-state index in [1.807, 2.05) is 0 Å². The summed E-state index contributed by atoms with van der Waals surface area (Å²) >= 11 is 12.1. The van der Waals surface area contributed by atoms with Gasteiger partial charge in [-0.2, -0.15) is 0 Å². The fourth-order valence-electron chi connectivity index (χ4n) is 2.51. The molecule has 2 rings (SSSR count). The molecule has 2 atom stereocenters. The number of hydrogen-bond acceptors (Lipinski definition) is 3. The van der Waals surface area contributed by atoms with Crippen LogP contribution in [0.4, 0.5) is 0 Å². The van der Waals surface area contributed by atoms with Crippen molar-refractivity contribution in [2.45, 2.75) is 18.1 Å². The van der Waals surface area contributed by atoms with Gasteiger partial charge in [0.05, 0.1) is 11.9 Å². The smallest absolute Gasteiger partial charge is 0.214 e. The van der Waals surface area contributed by atoms with Gasteiger partial charge in [0.1, 0.15) is 0 Å². The maximum atomic E-state index is 12.1. The van der Waals surface area contributed by atoms with E-state index >= 15 is 0 Å². The molecule has 1 N–H and O–H groups in total. The van der Waals surface area contributed by atoms with Crippen molar-refractivity contribution in [1.29, 1.82) is 0 Å². The molecular formula is C13H17Cl2NO3S. The Morgan fingerprint density at radius 2 is 2.15 bits per heavy atom. The quantitative estimate of drug-likeness (QED) is 0.918. The van der Waals surface area contributed by atoms with Gasteiger partial charge in [0.25, 0.3) is 0 Å². The highest BCUT2D eigenvalue weighted by atomic mass is 35.5. The van der Waals surface area contributed by atoms with Crippen LogP contribution < -0.4 is 4.72 Å². The van der Waals surface area contributed by atoms with Crippen LogP contribution in [0.5, 0.6) is 0 Å². The standard InChI is InChI=1S/C13H17Cl2NO3S/c1-16-20(17,18)13-4-5-19-8-10(13)6-9-7-11(14)2-3-12(9)15/h2-3,7,10,13,16H,4-6,8H2,1H3/t10-,13+/m0/s1. The molecule has 7 heteroatoms. The zero-order valence-corrected chi connectivity index (χ0v) is 13.4. The minimum Gasteiger partial charge on any atom is -0.381 e. The van der Waals surface area contributed by atoms with E-state index < -0.39 is 15.3 Å². The molecule has 0 saturated carbocycles. The van der Waals surface area contributed by atoms with Crippen LogP contribution in [0.25, 0.3) is 0 Å². The number of ether oxygens (including phenoxy) is 1. The molecule has 0 aliphatic carbocycles. The molecular weight excluding hydrogens is 321 g/mol. The SMILES string of the molecule is CNS(=O)(=O)[C@@H]1CCOC[C@@H]1Cc1cc(Cl)ccc1Cl. The summed E-state index contributed by atoms with van der Waals surface area (Å²) in [5.74, 6) is -0.128. The zero-order chi connectivity index (χ0) is 14.8. The normalized spacial score (nSPS) is 23.8. The van der Waals surface area contributed by atoms with Crippen LogP contribution in [0.3, 0.4) is 0 Å². The van der Waals surface area contributed by atoms with E-state index in [9.17, 15) is 8.42 Å². The van der Waals surface area contributed by atoms with Crippen LogP contribution in [0, 0.1) is 5.92 Å². The van der Waals surface area contributed by atoms with E-state index in [1.165, 1.54) is 7.05 Å². The van der Waals surface area contributed by atoms with Crippen molar-refractivity contribution in [2.24, 2.45) is 5.92 Å². The van der Waals surface area contributed by atoms with E-state index in [2.05, 4.69) is 4.72 Å². The summed E-state index contributed by atoms with van der Waals surface area (Å²) in [6, 6.07) is 5.22. The van der Waals surface area contributed by atoms with E-state index in [0.717, 1.165) is 5.56 Å². The maximum absolute atomic E-state index is 12.1. The minimum absolute atomic E-state index is 0.128. The van der Waals surface area contributed by atoms with Gasteiger partial charge in [-0.15, -0.1) is 0 Å². The Morgan fingerprint density at radius 1 is 1.40 bits per heavy atom. The van der Waals surface area contributed by atoms with E-state index in [0.29, 0.717) is 36.1 Å². The van der Waals surface area contributed by atoms with Crippen molar-refractivity contribution in [3.8, 4) is 0 Å². The summed E-state index contributed by atoms with van der Waals surface area (Å²) in [4.78, 5) is 0. The third-order valence-electron chi connectivity index (χ3n) is 3.58. The molecule has 1 heterocycles. The number of rotatable bonds is 4. The second-order valence-electron chi connectivity index (χ2n) is 4.85. The fourth-order valence-corrected chi connectivity index (χ4v) is 4.29. The first-order valence-corrected chi connectivity index (χ1v) is 8.68. The van der Waals surface area contributed by atoms with Crippen molar-refractivity contribution >= 4 is 33.2 Å². The third-order valence-corrected chi connectivity index (χ3v) is 6.17. The Kier molecular flexibility index (Phi) is 5.31. The summed E-state index contributed by atoms with van der Waals surface area (Å²) in [6.45, 7) is 0.875. The van der Waals surface area contributed by atoms with Gasteiger partial charge < -0.3 is 4.74 Å². The van der Waals surface area contributed by atoms with Crippen LogP contribution in [0.2, 0.25) is 10.0 Å². The van der Waals surface area contributed by atoms with Gasteiger partial charge in [0, 0.05) is 22.6 Å². The monoisotopic (exact) mass is 337 g/mol. The zero-order valence-electron chi connectivity index (χ0n) is 11.1. The topological polar surface area (TPSA) is 55.4 Å². The summed E-state index contributed by atoms with van der Waals surface area (Å²) in [6.07, 6.45) is 1.02. The summed E-state index contributed by atoms with van der Waals surface area (Å²) in [7, 11) is -1.88. The highest BCUT2D eigenvalue weighted by Gasteiger charge is 2.35. The molecule has 0 spiro atoms. The van der Waals surface area contributed by atoms with Crippen molar-refractivity contribution in [1.82, 2.24) is 4.72 Å². The predicted octanol–water partition coefficient (Wildman–Crippen LogP) is 2.49. The van der Waals surface area contributed by atoms with Crippen molar-refractivity contribution < 1.29 is 13.2 Å². The molecule has 1 saturated heterocycles. The molecule has 1 aliphatic heterocycles. The van der Waals surface area contributed by atoms with Gasteiger partial charge in [-0.05, 0) is 43.7 Å². The molecule has 0 amide bonds. The Labute approximate surface area is 129 Å². The first kappa shape index (κ1) is 16.0. The Morgan fingerprint density at radius 3 is 2.85 bits per heavy atom. The van der Waals surface area contributed by atoms with Crippen LogP contribution in [-0.2, 0) is 21.2 Å². The number of sulfonamides is 1. The van der Waals surface area contributed by atoms with Gasteiger partial charge in [-0.1, -0.05) is 23.2 Å². The van der Waals surface area contributed by atoms with Crippen molar-refractivity contribution in [3.05, 3.63) is 33.8 Å². The maximum Gasteiger partial charge on any atom is 0.214 e. The van der Waals surface area contributed by atoms with Crippen LogP contribution in [0.1, 0.15) is 12.0 Å². The third kappa shape index (κ3) is 3.65. The Balaban J connectivity index is 2.23. The molecule has 1 aromatic rings. The van der Waals surface area contributed by atoms with Gasteiger partial charge >= 0.3 is 0 Å². The number of nitrogens with one attached hydrogen (secondary N) is 1. The first-order chi connectivity index (χ1) is 9.44. The molecule has 112 valence electrons. The van der Waals surface area contributed by atoms with Gasteiger partial charge in [0.2, 0.25) is 10.0 Å². The summed E-state index contributed by atoms with van der Waals surface area (Å²) < 4.78 is 32.0. The van der Waals surface area contributed by atoms with Crippen LogP contribution >= 0.6 is 23.2 Å². The minimum atomic E-state index is -3.32. The number of benzene rings is 1. The second-order valence-corrected chi connectivity index (χ2v) is 7.80. The predicted molar refractivity (Wildman–Crippen MR) is 80.9 cm³/mol. The Bertz CT molecular complexity index is 577. The lowest BCUT2D eigenvalue weighted by Gasteiger charge is -2.31. The van der Waals surface area contributed by atoms with Crippen LogP contribution in [0.15, 0.2) is 18.2 Å². The van der Waals surface area contributed by atoms with Crippen LogP contribution in [-0.4, -0.2) is 33.9 Å². The second kappa shape index (κ2) is 6.62. The molecule has 0 bridgehead atoms. The lowest BCUT2D eigenvalue weighted by Crippen LogP contribution is -2.43. The molecule has 0 unspecified atom stereocenters. The molecule has 0 radical (unpaired) electrons. The molecule has 1 aromatic carbocycles. The van der Waals surface area contributed by atoms with E-state index in [-0.39, 0.29) is 5.92 Å². The van der Waals surface area contributed by atoms with Gasteiger partial charge in [0.15, 0.2) is 0 Å². The molecule has 1 aliphatic rings. The Hall–Kier alpha value is -0.330. The van der Waals surface area contributed by atoms with E-state index in [1.54, 1.807) is 18.2 Å². The highest BCUT2D eigenvalue weighted by Crippen LogP contribution is 2.29. The molecule has 4 nitrogen and oxygen atoms in total. The lowest BCUT2D eigenvalue weighted by atomic mass is 9.93. The average molecular weight is 338 g/mol. The van der Waals surface area contributed by atoms with E-state index in [4.69, 9.17) is 27.9 Å². The summed E-state index contributed by atoms with van der Waals surface area (Å²) in [5.41, 5.74) is 0.853. The van der Waals surface area contributed by atoms with Gasteiger partial charge in [-0.3, -0.25) is 0 Å². The lowest BCUT2D eigenvalue weighted by molar-refractivity contribution is 0.0571. The average Bonchev–Trinajstić information content (AvgIpc) is 2.43. The fraction of sp³-hybridized carbons (Fsp3) is 0.538. The molecule has 20 heavy (non-hydrogen) atoms. The summed E-state index contributed by atoms with van der Waals surface area (Å²) in [5, 5.41) is 0.728. The molecule has 1 fully saturated rings. The number of halogens is 2. The first-order valence-electron chi connectivity index (χ1n) is 6.38. The largest absolute Gasteiger partial charge is 0.381 e. The van der Waals surface area contributed by atoms with Crippen molar-refractivity contribution in [2.75, 3.05) is 20.3 Å². The molecule has 0 aromatic heterocycles. The van der Waals surface area contributed by atoms with Gasteiger partial charge in [-0.25, -0.2) is 13.1 Å².